The number of thiazole rings is 1. The Morgan fingerprint density at radius 3 is 3.06 bits per heavy atom. The van der Waals surface area contributed by atoms with E-state index in [-0.39, 0.29) is 18.2 Å². The van der Waals surface area contributed by atoms with E-state index in [4.69, 9.17) is 9.47 Å². The molecule has 2 heterocycles. The van der Waals surface area contributed by atoms with Crippen LogP contribution in [0, 0.1) is 0 Å². The van der Waals surface area contributed by atoms with Crippen LogP contribution < -0.4 is 5.32 Å². The molecule has 1 aromatic heterocycles. The summed E-state index contributed by atoms with van der Waals surface area (Å²) in [5.41, 5.74) is 2.58. The van der Waals surface area contributed by atoms with Crippen molar-refractivity contribution in [3.63, 3.8) is 0 Å². The molecule has 6 heteroatoms. The number of β-lactam (4-membered cyclic amide) rings is 1. The zero-order valence-corrected chi connectivity index (χ0v) is 9.99. The minimum atomic E-state index is -0.483. The van der Waals surface area contributed by atoms with Gasteiger partial charge in [0.1, 0.15) is 6.04 Å². The lowest BCUT2D eigenvalue weighted by atomic mass is 9.99. The monoisotopic (exact) mass is 242 g/mol. The van der Waals surface area contributed by atoms with Crippen LogP contribution in [-0.2, 0) is 14.3 Å². The molecule has 1 aliphatic heterocycles. The number of nitrogens with zero attached hydrogens (tertiary/aromatic N) is 1. The van der Waals surface area contributed by atoms with Gasteiger partial charge in [0.2, 0.25) is 0 Å². The van der Waals surface area contributed by atoms with Crippen molar-refractivity contribution < 1.29 is 14.3 Å². The summed E-state index contributed by atoms with van der Waals surface area (Å²) in [5.74, 6) is -0.107. The molecule has 0 aromatic carbocycles. The highest BCUT2D eigenvalue weighted by molar-refractivity contribution is 7.07. The number of hydrogen-bond acceptors (Lipinski definition) is 5. The maximum Gasteiger partial charge on any atom is 0.252 e. The molecule has 16 heavy (non-hydrogen) atoms. The number of hydrogen-bond donors (Lipinski definition) is 1. The minimum Gasteiger partial charge on any atom is -0.353 e. The number of carbonyl (C=O) groups is 1. The molecule has 2 rings (SSSR count). The van der Waals surface area contributed by atoms with E-state index in [1.54, 1.807) is 12.4 Å². The fourth-order valence-electron chi connectivity index (χ4n) is 1.59. The molecule has 1 aliphatic rings. The first-order valence-electron chi connectivity index (χ1n) is 5.18. The van der Waals surface area contributed by atoms with Crippen molar-refractivity contribution >= 4 is 17.2 Å². The summed E-state index contributed by atoms with van der Waals surface area (Å²) < 4.78 is 10.7. The zero-order chi connectivity index (χ0) is 11.5. The van der Waals surface area contributed by atoms with Crippen molar-refractivity contribution in [2.24, 2.45) is 0 Å². The summed E-state index contributed by atoms with van der Waals surface area (Å²) in [4.78, 5) is 15.5. The Morgan fingerprint density at radius 1 is 1.69 bits per heavy atom. The molecule has 1 aromatic rings. The van der Waals surface area contributed by atoms with Gasteiger partial charge in [-0.05, 0) is 13.8 Å². The molecule has 5 nitrogen and oxygen atoms in total. The molecule has 1 unspecified atom stereocenters. The standard InChI is InChI=1S/C10H14N2O3S/c1-3-14-6(2)15-9-8(12-10(9)13)7-4-16-5-11-7/h4-6,8-9H,3H2,1-2H3,(H,12,13)/t6?,8-,9+/m0/s1. The van der Waals surface area contributed by atoms with Crippen LogP contribution in [0.1, 0.15) is 25.6 Å². The largest absolute Gasteiger partial charge is 0.353 e. The fourth-order valence-corrected chi connectivity index (χ4v) is 2.18. The number of carbonyl (C=O) groups excluding carboxylic acids is 1. The maximum atomic E-state index is 11.4. The van der Waals surface area contributed by atoms with Gasteiger partial charge in [-0.1, -0.05) is 0 Å². The first-order chi connectivity index (χ1) is 7.72. The second-order valence-corrected chi connectivity index (χ2v) is 4.20. The lowest BCUT2D eigenvalue weighted by Gasteiger charge is -2.36. The third-order valence-electron chi connectivity index (χ3n) is 2.37. The summed E-state index contributed by atoms with van der Waals surface area (Å²) in [6.07, 6.45) is -0.856. The third-order valence-corrected chi connectivity index (χ3v) is 2.97. The highest BCUT2D eigenvalue weighted by Crippen LogP contribution is 2.27. The normalized spacial score (nSPS) is 26.0. The van der Waals surface area contributed by atoms with E-state index in [2.05, 4.69) is 10.3 Å². The van der Waals surface area contributed by atoms with Gasteiger partial charge in [-0.15, -0.1) is 11.3 Å². The average Bonchev–Trinajstić information content (AvgIpc) is 2.76. The molecule has 88 valence electrons. The molecular formula is C10H14N2O3S. The predicted molar refractivity (Wildman–Crippen MR) is 59.0 cm³/mol. The molecule has 1 saturated heterocycles. The van der Waals surface area contributed by atoms with E-state index in [1.165, 1.54) is 11.3 Å². The summed E-state index contributed by atoms with van der Waals surface area (Å²) >= 11 is 1.50. The van der Waals surface area contributed by atoms with Crippen LogP contribution in [-0.4, -0.2) is 29.9 Å². The van der Waals surface area contributed by atoms with Gasteiger partial charge in [-0.3, -0.25) is 4.79 Å². The highest BCUT2D eigenvalue weighted by Gasteiger charge is 2.43. The van der Waals surface area contributed by atoms with Gasteiger partial charge in [0.15, 0.2) is 12.4 Å². The summed E-state index contributed by atoms with van der Waals surface area (Å²) in [7, 11) is 0. The molecule has 1 amide bonds. The van der Waals surface area contributed by atoms with Gasteiger partial charge in [0, 0.05) is 12.0 Å². The lowest BCUT2D eigenvalue weighted by molar-refractivity contribution is -0.192. The quantitative estimate of drug-likeness (QED) is 0.620. The van der Waals surface area contributed by atoms with E-state index in [9.17, 15) is 4.79 Å². The Balaban J connectivity index is 1.95. The molecule has 0 bridgehead atoms. The summed E-state index contributed by atoms with van der Waals surface area (Å²) in [6.45, 7) is 4.24. The van der Waals surface area contributed by atoms with Gasteiger partial charge >= 0.3 is 0 Å². The number of nitrogens with one attached hydrogen (secondary N) is 1. The molecule has 1 N–H and O–H groups in total. The lowest BCUT2D eigenvalue weighted by Crippen LogP contribution is -2.58. The summed E-state index contributed by atoms with van der Waals surface area (Å²) in [5, 5.41) is 4.68. The predicted octanol–water partition coefficient (Wildman–Crippen LogP) is 1.08. The smallest absolute Gasteiger partial charge is 0.252 e. The van der Waals surface area contributed by atoms with Gasteiger partial charge in [0.05, 0.1) is 11.2 Å². The second-order valence-electron chi connectivity index (χ2n) is 3.48. The Labute approximate surface area is 97.8 Å². The van der Waals surface area contributed by atoms with Crippen molar-refractivity contribution in [1.29, 1.82) is 0 Å². The second kappa shape index (κ2) is 4.90. The van der Waals surface area contributed by atoms with Crippen molar-refractivity contribution in [3.05, 3.63) is 16.6 Å². The Kier molecular flexibility index (Phi) is 3.52. The number of aromatic nitrogens is 1. The van der Waals surface area contributed by atoms with Gasteiger partial charge in [0.25, 0.3) is 5.91 Å². The first-order valence-corrected chi connectivity index (χ1v) is 6.12. The molecule has 0 aliphatic carbocycles. The van der Waals surface area contributed by atoms with E-state index in [0.29, 0.717) is 6.61 Å². The van der Waals surface area contributed by atoms with Crippen LogP contribution in [0.15, 0.2) is 10.9 Å². The van der Waals surface area contributed by atoms with E-state index >= 15 is 0 Å². The highest BCUT2D eigenvalue weighted by atomic mass is 32.1. The number of ether oxygens (including phenoxy) is 2. The fraction of sp³-hybridized carbons (Fsp3) is 0.600. The van der Waals surface area contributed by atoms with E-state index in [1.807, 2.05) is 12.3 Å². The van der Waals surface area contributed by atoms with Crippen LogP contribution in [0.4, 0.5) is 0 Å². The van der Waals surface area contributed by atoms with Crippen molar-refractivity contribution in [2.45, 2.75) is 32.3 Å². The number of amides is 1. The van der Waals surface area contributed by atoms with Gasteiger partial charge in [-0.25, -0.2) is 4.98 Å². The Hall–Kier alpha value is -0.980. The number of rotatable bonds is 5. The molecule has 0 spiro atoms. The van der Waals surface area contributed by atoms with Crippen molar-refractivity contribution in [2.75, 3.05) is 6.61 Å². The third kappa shape index (κ3) is 2.23. The van der Waals surface area contributed by atoms with Crippen LogP contribution >= 0.6 is 11.3 Å². The topological polar surface area (TPSA) is 60.5 Å². The molecule has 1 fully saturated rings. The zero-order valence-electron chi connectivity index (χ0n) is 9.17. The minimum absolute atomic E-state index is 0.107. The first kappa shape index (κ1) is 11.5. The summed E-state index contributed by atoms with van der Waals surface area (Å²) in [6, 6.07) is -0.137. The van der Waals surface area contributed by atoms with Crippen molar-refractivity contribution in [3.8, 4) is 0 Å². The van der Waals surface area contributed by atoms with Crippen LogP contribution in [0.25, 0.3) is 0 Å². The molecular weight excluding hydrogens is 228 g/mol. The van der Waals surface area contributed by atoms with Crippen LogP contribution in [0.3, 0.4) is 0 Å². The Bertz CT molecular complexity index is 355. The average molecular weight is 242 g/mol. The SMILES string of the molecule is CCOC(C)O[C@H]1C(=O)N[C@H]1c1cscn1. The molecule has 0 saturated carbocycles. The van der Waals surface area contributed by atoms with E-state index < -0.39 is 6.10 Å². The van der Waals surface area contributed by atoms with Gasteiger partial charge in [-0.2, -0.15) is 0 Å². The maximum absolute atomic E-state index is 11.4. The van der Waals surface area contributed by atoms with Crippen LogP contribution in [0.2, 0.25) is 0 Å². The van der Waals surface area contributed by atoms with Gasteiger partial charge < -0.3 is 14.8 Å². The van der Waals surface area contributed by atoms with E-state index in [0.717, 1.165) is 5.69 Å². The van der Waals surface area contributed by atoms with Crippen LogP contribution in [0.5, 0.6) is 0 Å². The van der Waals surface area contributed by atoms with Crippen molar-refractivity contribution in [1.82, 2.24) is 10.3 Å². The Morgan fingerprint density at radius 2 is 2.50 bits per heavy atom. The molecule has 3 atom stereocenters. The molecule has 0 radical (unpaired) electrons.